The summed E-state index contributed by atoms with van der Waals surface area (Å²) in [5, 5.41) is 2.06. The molecule has 0 atom stereocenters. The minimum absolute atomic E-state index is 0.222. The lowest BCUT2D eigenvalue weighted by Crippen LogP contribution is -1.86. The van der Waals surface area contributed by atoms with E-state index in [2.05, 4.69) is 4.98 Å². The van der Waals surface area contributed by atoms with Crippen molar-refractivity contribution in [3.8, 4) is 0 Å². The fourth-order valence-corrected chi connectivity index (χ4v) is 1.26. The lowest BCUT2D eigenvalue weighted by atomic mass is 10.3. The van der Waals surface area contributed by atoms with Crippen LogP contribution in [0.4, 0.5) is 5.13 Å². The summed E-state index contributed by atoms with van der Waals surface area (Å²) in [7, 11) is 0. The smallest absolute Gasteiger partial charge is 0.236 e. The Labute approximate surface area is 72.5 Å². The van der Waals surface area contributed by atoms with Gasteiger partial charge in [0.05, 0.1) is 11.3 Å². The topological polar surface area (TPSA) is 56.0 Å². The molecule has 0 saturated heterocycles. The van der Waals surface area contributed by atoms with E-state index < -0.39 is 0 Å². The molecule has 2 N–H and O–H groups in total. The maximum Gasteiger partial charge on any atom is 0.236 e. The van der Waals surface area contributed by atoms with Crippen LogP contribution in [0.3, 0.4) is 0 Å². The van der Waals surface area contributed by atoms with Gasteiger partial charge in [0, 0.05) is 10.9 Å². The first-order chi connectivity index (χ1) is 5.27. The molecule has 11 heavy (non-hydrogen) atoms. The Balaban J connectivity index is 3.00. The number of nitrogens with zero attached hydrogens (tertiary/aromatic N) is 1. The summed E-state index contributed by atoms with van der Waals surface area (Å²) in [5.41, 5.74) is 7.15. The van der Waals surface area contributed by atoms with Gasteiger partial charge in [0.15, 0.2) is 5.13 Å². The van der Waals surface area contributed by atoms with Gasteiger partial charge >= 0.3 is 0 Å². The molecule has 0 fully saturated rings. The van der Waals surface area contributed by atoms with E-state index in [9.17, 15) is 4.79 Å². The quantitative estimate of drug-likeness (QED) is 0.713. The van der Waals surface area contributed by atoms with Gasteiger partial charge in [0.2, 0.25) is 6.29 Å². The van der Waals surface area contributed by atoms with Crippen LogP contribution in [0, 0.1) is 0 Å². The lowest BCUT2D eigenvalue weighted by molar-refractivity contribution is 0.565. The van der Waals surface area contributed by atoms with E-state index in [0.29, 0.717) is 10.8 Å². The number of carbonyl (C=O) groups excluding carboxylic acids is 1. The Morgan fingerprint density at radius 3 is 3.00 bits per heavy atom. The third kappa shape index (κ3) is 1.78. The number of halogens is 1. The first-order valence-corrected chi connectivity index (χ1v) is 3.99. The molecule has 57 valence electrons. The zero-order valence-corrected chi connectivity index (χ0v) is 6.95. The summed E-state index contributed by atoms with van der Waals surface area (Å²) in [5.74, 6) is 0. The Bertz CT molecular complexity index is 295. The largest absolute Gasteiger partial charge is 0.375 e. The van der Waals surface area contributed by atoms with Gasteiger partial charge < -0.3 is 5.73 Å². The van der Waals surface area contributed by atoms with Gasteiger partial charge in [-0.05, 0) is 0 Å². The Morgan fingerprint density at radius 1 is 1.91 bits per heavy atom. The number of nitrogens with two attached hydrogens (primary N) is 1. The molecule has 5 heteroatoms. The normalized spacial score (nSPS) is 11.5. The Morgan fingerprint density at radius 2 is 2.64 bits per heavy atom. The van der Waals surface area contributed by atoms with E-state index in [4.69, 9.17) is 17.3 Å². The van der Waals surface area contributed by atoms with Gasteiger partial charge in [-0.3, -0.25) is 4.79 Å². The third-order valence-corrected chi connectivity index (χ3v) is 1.91. The highest BCUT2D eigenvalue weighted by molar-refractivity contribution is 7.13. The summed E-state index contributed by atoms with van der Waals surface area (Å²) in [6.45, 7) is 0. The van der Waals surface area contributed by atoms with Crippen molar-refractivity contribution in [2.75, 3.05) is 5.73 Å². The van der Waals surface area contributed by atoms with Crippen molar-refractivity contribution in [2.24, 2.45) is 0 Å². The number of hydrogen-bond donors (Lipinski definition) is 1. The van der Waals surface area contributed by atoms with Gasteiger partial charge in [-0.25, -0.2) is 4.98 Å². The fourth-order valence-electron chi connectivity index (χ4n) is 0.542. The first kappa shape index (κ1) is 8.23. The second kappa shape index (κ2) is 3.50. The predicted molar refractivity (Wildman–Crippen MR) is 46.0 cm³/mol. The van der Waals surface area contributed by atoms with Crippen molar-refractivity contribution in [1.29, 1.82) is 0 Å². The van der Waals surface area contributed by atoms with Crippen LogP contribution in [0.15, 0.2) is 10.9 Å². The van der Waals surface area contributed by atoms with Crippen molar-refractivity contribution < 1.29 is 4.79 Å². The highest BCUT2D eigenvalue weighted by Gasteiger charge is 2.04. The molecule has 0 unspecified atom stereocenters. The first-order valence-electron chi connectivity index (χ1n) is 2.68. The van der Waals surface area contributed by atoms with Crippen molar-refractivity contribution >= 4 is 39.9 Å². The summed E-state index contributed by atoms with van der Waals surface area (Å²) < 4.78 is 0. The molecule has 1 rings (SSSR count). The standard InChI is InChI=1S/C6H4ClN2OS/c7-1-4(2-10)5-3-11-6(8)9-5/h1,3H,(H2,8,9)/b4-1+. The second-order valence-electron chi connectivity index (χ2n) is 1.70. The predicted octanol–water partition coefficient (Wildman–Crippen LogP) is 1.41. The summed E-state index contributed by atoms with van der Waals surface area (Å²) in [6.07, 6.45) is 1.65. The number of aromatic nitrogens is 1. The molecule has 0 aromatic carbocycles. The van der Waals surface area contributed by atoms with Gasteiger partial charge in [0.1, 0.15) is 0 Å². The van der Waals surface area contributed by atoms with Gasteiger partial charge in [0.25, 0.3) is 0 Å². The van der Waals surface area contributed by atoms with Crippen LogP contribution in [-0.4, -0.2) is 11.3 Å². The molecule has 1 aromatic heterocycles. The molecule has 1 heterocycles. The third-order valence-electron chi connectivity index (χ3n) is 1.02. The van der Waals surface area contributed by atoms with Crippen LogP contribution in [0.25, 0.3) is 5.57 Å². The molecular formula is C6H4ClN2OS. The second-order valence-corrected chi connectivity index (χ2v) is 2.80. The maximum absolute atomic E-state index is 10.2. The van der Waals surface area contributed by atoms with Crippen LogP contribution in [0.5, 0.6) is 0 Å². The van der Waals surface area contributed by atoms with E-state index in [1.54, 1.807) is 11.7 Å². The molecule has 1 radical (unpaired) electrons. The zero-order valence-electron chi connectivity index (χ0n) is 5.37. The Hall–Kier alpha value is -0.870. The van der Waals surface area contributed by atoms with Crippen LogP contribution < -0.4 is 5.73 Å². The Kier molecular flexibility index (Phi) is 2.62. The monoisotopic (exact) mass is 187 g/mol. The lowest BCUT2D eigenvalue weighted by Gasteiger charge is -1.86. The fraction of sp³-hybridized carbons (Fsp3) is 0. The van der Waals surface area contributed by atoms with E-state index in [1.807, 2.05) is 0 Å². The number of nitrogen functional groups attached to an aromatic ring is 1. The van der Waals surface area contributed by atoms with Crippen molar-refractivity contribution in [3.05, 3.63) is 16.6 Å². The van der Waals surface area contributed by atoms with E-state index in [1.165, 1.54) is 11.3 Å². The van der Waals surface area contributed by atoms with E-state index in [0.717, 1.165) is 5.54 Å². The summed E-state index contributed by atoms with van der Waals surface area (Å²) in [4.78, 5) is 14.0. The molecule has 0 bridgehead atoms. The van der Waals surface area contributed by atoms with Crippen molar-refractivity contribution in [2.45, 2.75) is 0 Å². The van der Waals surface area contributed by atoms with Crippen LogP contribution in [0.1, 0.15) is 5.69 Å². The average molecular weight is 188 g/mol. The number of thiazole rings is 1. The highest BCUT2D eigenvalue weighted by atomic mass is 35.5. The molecule has 0 spiro atoms. The van der Waals surface area contributed by atoms with Gasteiger partial charge in [-0.15, -0.1) is 11.3 Å². The number of anilines is 1. The summed E-state index contributed by atoms with van der Waals surface area (Å²) >= 11 is 6.56. The molecule has 0 aliphatic carbocycles. The average Bonchev–Trinajstić information content (AvgIpc) is 2.39. The molecular weight excluding hydrogens is 184 g/mol. The van der Waals surface area contributed by atoms with Crippen LogP contribution >= 0.6 is 22.9 Å². The number of rotatable bonds is 2. The van der Waals surface area contributed by atoms with Crippen molar-refractivity contribution in [3.63, 3.8) is 0 Å². The molecule has 0 amide bonds. The summed E-state index contributed by atoms with van der Waals surface area (Å²) in [6, 6.07) is 0. The maximum atomic E-state index is 10.2. The van der Waals surface area contributed by atoms with Gasteiger partial charge in [-0.1, -0.05) is 11.6 Å². The van der Waals surface area contributed by atoms with Crippen LogP contribution in [-0.2, 0) is 4.79 Å². The molecule has 1 aromatic rings. The van der Waals surface area contributed by atoms with Crippen molar-refractivity contribution in [1.82, 2.24) is 4.98 Å². The molecule has 3 nitrogen and oxygen atoms in total. The zero-order chi connectivity index (χ0) is 8.27. The van der Waals surface area contributed by atoms with Crippen LogP contribution in [0.2, 0.25) is 0 Å². The molecule has 0 aliphatic rings. The van der Waals surface area contributed by atoms with E-state index in [-0.39, 0.29) is 5.57 Å². The minimum atomic E-state index is 0.222. The molecule has 0 aliphatic heterocycles. The van der Waals surface area contributed by atoms with E-state index >= 15 is 0 Å². The minimum Gasteiger partial charge on any atom is -0.375 e. The SMILES string of the molecule is Nc1nc(/C([C]=O)=C/Cl)cs1. The number of hydrogen-bond acceptors (Lipinski definition) is 4. The molecule has 0 saturated carbocycles. The van der Waals surface area contributed by atoms with Gasteiger partial charge in [-0.2, -0.15) is 0 Å². The number of allylic oxidation sites excluding steroid dienone is 1. The highest BCUT2D eigenvalue weighted by Crippen LogP contribution is 2.17.